The molecule has 0 bridgehead atoms. The van der Waals surface area contributed by atoms with E-state index in [0.29, 0.717) is 23.7 Å². The highest BCUT2D eigenvalue weighted by atomic mass is 19.1. The molecule has 18 heavy (non-hydrogen) atoms. The zero-order chi connectivity index (χ0) is 13.1. The lowest BCUT2D eigenvalue weighted by molar-refractivity contribution is 0.369. The number of halogens is 1. The van der Waals surface area contributed by atoms with Gasteiger partial charge in [0.05, 0.1) is 12.0 Å². The molecule has 1 aromatic heterocycles. The third-order valence-electron chi connectivity index (χ3n) is 2.47. The maximum absolute atomic E-state index is 13.3. The Morgan fingerprint density at radius 2 is 2.22 bits per heavy atom. The van der Waals surface area contributed by atoms with E-state index < -0.39 is 0 Å². The van der Waals surface area contributed by atoms with Gasteiger partial charge in [0.2, 0.25) is 11.7 Å². The van der Waals surface area contributed by atoms with Crippen molar-refractivity contribution in [2.75, 3.05) is 0 Å². The van der Waals surface area contributed by atoms with Gasteiger partial charge in [-0.25, -0.2) is 4.39 Å². The lowest BCUT2D eigenvalue weighted by Crippen LogP contribution is -1.96. The second-order valence-electron chi connectivity index (χ2n) is 4.26. The van der Waals surface area contributed by atoms with Crippen molar-refractivity contribution in [3.63, 3.8) is 0 Å². The third-order valence-corrected chi connectivity index (χ3v) is 2.47. The Labute approximate surface area is 104 Å². The highest BCUT2D eigenvalue weighted by Crippen LogP contribution is 2.19. The number of benzene rings is 1. The van der Waals surface area contributed by atoms with Gasteiger partial charge in [-0.1, -0.05) is 5.16 Å². The summed E-state index contributed by atoms with van der Waals surface area (Å²) in [6, 6.07) is 6.67. The van der Waals surface area contributed by atoms with E-state index in [9.17, 15) is 4.39 Å². The lowest BCUT2D eigenvalue weighted by atomic mass is 10.1. The molecule has 0 spiro atoms. The van der Waals surface area contributed by atoms with E-state index in [1.54, 1.807) is 19.9 Å². The monoisotopic (exact) mass is 245 g/mol. The van der Waals surface area contributed by atoms with Gasteiger partial charge in [-0.3, -0.25) is 0 Å². The Bertz CT molecular complexity index is 580. The second kappa shape index (κ2) is 4.96. The van der Waals surface area contributed by atoms with Crippen molar-refractivity contribution >= 4 is 0 Å². The minimum absolute atomic E-state index is 0.187. The van der Waals surface area contributed by atoms with Crippen molar-refractivity contribution in [2.45, 2.75) is 20.3 Å². The van der Waals surface area contributed by atoms with Crippen LogP contribution in [-0.2, 0) is 6.42 Å². The number of aryl methyl sites for hydroxylation is 1. The van der Waals surface area contributed by atoms with Crippen LogP contribution in [0, 0.1) is 30.0 Å². The molecule has 2 rings (SSSR count). The topological polar surface area (TPSA) is 62.7 Å². The van der Waals surface area contributed by atoms with E-state index in [2.05, 4.69) is 16.2 Å². The number of hydrogen-bond donors (Lipinski definition) is 0. The Morgan fingerprint density at radius 3 is 2.89 bits per heavy atom. The summed E-state index contributed by atoms with van der Waals surface area (Å²) in [6.45, 7) is 3.57. The molecule has 1 aromatic carbocycles. The second-order valence-corrected chi connectivity index (χ2v) is 4.26. The molecule has 0 fully saturated rings. The van der Waals surface area contributed by atoms with Gasteiger partial charge in [0.15, 0.2) is 0 Å². The van der Waals surface area contributed by atoms with Crippen LogP contribution >= 0.6 is 0 Å². The van der Waals surface area contributed by atoms with E-state index >= 15 is 0 Å². The first-order chi connectivity index (χ1) is 8.58. The lowest BCUT2D eigenvalue weighted by Gasteiger charge is -1.97. The number of nitrogens with zero attached hydrogens (tertiary/aromatic N) is 3. The first-order valence-electron chi connectivity index (χ1n) is 5.58. The molecular formula is C13H12FN3O. The number of rotatable bonds is 3. The Hall–Kier alpha value is -2.22. The average Bonchev–Trinajstić information content (AvgIpc) is 2.76. The molecule has 0 saturated carbocycles. The predicted octanol–water partition coefficient (Wildman–Crippen LogP) is 2.89. The van der Waals surface area contributed by atoms with Gasteiger partial charge < -0.3 is 4.52 Å². The highest BCUT2D eigenvalue weighted by Gasteiger charge is 2.12. The smallest absolute Gasteiger partial charge is 0.228 e. The van der Waals surface area contributed by atoms with E-state index in [0.717, 1.165) is 5.56 Å². The molecule has 5 heteroatoms. The van der Waals surface area contributed by atoms with Gasteiger partial charge >= 0.3 is 0 Å². The molecule has 1 atom stereocenters. The first-order valence-corrected chi connectivity index (χ1v) is 5.58. The van der Waals surface area contributed by atoms with Crippen LogP contribution in [0.3, 0.4) is 0 Å². The van der Waals surface area contributed by atoms with E-state index in [4.69, 9.17) is 9.78 Å². The Kier molecular flexibility index (Phi) is 3.38. The standard InChI is InChI=1S/C13H12FN3O/c1-8-3-10(6-11(14)4-8)13-16-12(18-17-13)5-9(2)7-15/h3-4,6,9H,5H2,1-2H3. The molecule has 0 saturated heterocycles. The third kappa shape index (κ3) is 2.72. The van der Waals surface area contributed by atoms with Crippen LogP contribution in [0.15, 0.2) is 22.7 Å². The summed E-state index contributed by atoms with van der Waals surface area (Å²) >= 11 is 0. The van der Waals surface area contributed by atoms with Crippen LogP contribution in [0.25, 0.3) is 11.4 Å². The van der Waals surface area contributed by atoms with E-state index in [1.165, 1.54) is 12.1 Å². The molecule has 0 aliphatic carbocycles. The maximum atomic E-state index is 13.3. The first kappa shape index (κ1) is 12.2. The van der Waals surface area contributed by atoms with E-state index in [1.807, 2.05) is 0 Å². The Morgan fingerprint density at radius 1 is 1.44 bits per heavy atom. The van der Waals surface area contributed by atoms with Crippen LogP contribution in [0.5, 0.6) is 0 Å². The van der Waals surface area contributed by atoms with Gasteiger partial charge in [-0.05, 0) is 37.6 Å². The molecular weight excluding hydrogens is 233 g/mol. The quantitative estimate of drug-likeness (QED) is 0.834. The minimum Gasteiger partial charge on any atom is -0.339 e. The number of aromatic nitrogens is 2. The minimum atomic E-state index is -0.332. The van der Waals surface area contributed by atoms with Crippen molar-refractivity contribution < 1.29 is 8.91 Å². The fraction of sp³-hybridized carbons (Fsp3) is 0.308. The zero-order valence-electron chi connectivity index (χ0n) is 10.1. The summed E-state index contributed by atoms with van der Waals surface area (Å²) in [5.74, 6) is 0.216. The van der Waals surface area contributed by atoms with Gasteiger partial charge in [-0.15, -0.1) is 0 Å². The molecule has 0 aliphatic rings. The van der Waals surface area contributed by atoms with Crippen molar-refractivity contribution in [3.8, 4) is 17.5 Å². The molecule has 2 aromatic rings. The fourth-order valence-corrected chi connectivity index (χ4v) is 1.63. The Balaban J connectivity index is 2.27. The molecule has 0 amide bonds. The normalized spacial score (nSPS) is 12.1. The summed E-state index contributed by atoms with van der Waals surface area (Å²) in [7, 11) is 0. The van der Waals surface area contributed by atoms with Crippen molar-refractivity contribution in [3.05, 3.63) is 35.5 Å². The molecule has 0 radical (unpaired) electrons. The molecule has 1 unspecified atom stereocenters. The van der Waals surface area contributed by atoms with Gasteiger partial charge in [0, 0.05) is 12.0 Å². The van der Waals surface area contributed by atoms with Crippen LogP contribution in [0.4, 0.5) is 4.39 Å². The predicted molar refractivity (Wildman–Crippen MR) is 62.9 cm³/mol. The van der Waals surface area contributed by atoms with Gasteiger partial charge in [0.1, 0.15) is 5.82 Å². The maximum Gasteiger partial charge on any atom is 0.228 e. The van der Waals surface area contributed by atoms with Crippen LogP contribution < -0.4 is 0 Å². The molecule has 92 valence electrons. The van der Waals surface area contributed by atoms with Crippen molar-refractivity contribution in [1.29, 1.82) is 5.26 Å². The zero-order valence-corrected chi connectivity index (χ0v) is 10.1. The van der Waals surface area contributed by atoms with Crippen LogP contribution in [0.1, 0.15) is 18.4 Å². The largest absolute Gasteiger partial charge is 0.339 e. The summed E-state index contributed by atoms with van der Waals surface area (Å²) < 4.78 is 18.3. The van der Waals surface area contributed by atoms with E-state index in [-0.39, 0.29) is 11.7 Å². The summed E-state index contributed by atoms with van der Waals surface area (Å²) in [4.78, 5) is 4.16. The summed E-state index contributed by atoms with van der Waals surface area (Å²) in [5.41, 5.74) is 1.37. The van der Waals surface area contributed by atoms with Gasteiger partial charge in [-0.2, -0.15) is 10.2 Å². The number of hydrogen-bond acceptors (Lipinski definition) is 4. The summed E-state index contributed by atoms with van der Waals surface area (Å²) in [6.07, 6.45) is 0.401. The summed E-state index contributed by atoms with van der Waals surface area (Å²) in [5, 5.41) is 12.5. The highest BCUT2D eigenvalue weighted by molar-refractivity contribution is 5.55. The van der Waals surface area contributed by atoms with Gasteiger partial charge in [0.25, 0.3) is 0 Å². The SMILES string of the molecule is Cc1cc(F)cc(-c2noc(CC(C)C#N)n2)c1. The van der Waals surface area contributed by atoms with Crippen LogP contribution in [-0.4, -0.2) is 10.1 Å². The molecule has 1 heterocycles. The number of nitriles is 1. The van der Waals surface area contributed by atoms with Crippen LogP contribution in [0.2, 0.25) is 0 Å². The average molecular weight is 245 g/mol. The fourth-order valence-electron chi connectivity index (χ4n) is 1.63. The molecule has 0 aliphatic heterocycles. The van der Waals surface area contributed by atoms with Crippen molar-refractivity contribution in [2.24, 2.45) is 5.92 Å². The molecule has 4 nitrogen and oxygen atoms in total. The molecule has 0 N–H and O–H groups in total. The van der Waals surface area contributed by atoms with Crippen molar-refractivity contribution in [1.82, 2.24) is 10.1 Å².